The van der Waals surface area contributed by atoms with Crippen molar-refractivity contribution in [3.8, 4) is 0 Å². The Morgan fingerprint density at radius 3 is 2.72 bits per heavy atom. The third-order valence-corrected chi connectivity index (χ3v) is 4.37. The molecule has 130 valence electrons. The highest BCUT2D eigenvalue weighted by molar-refractivity contribution is 5.94. The number of likely N-dealkylation sites (tertiary alicyclic amines) is 1. The molecule has 1 aliphatic heterocycles. The molecule has 25 heavy (non-hydrogen) atoms. The van der Waals surface area contributed by atoms with E-state index >= 15 is 0 Å². The Hall–Kier alpha value is -2.89. The lowest BCUT2D eigenvalue weighted by Crippen LogP contribution is -2.43. The number of hydrogen-bond donors (Lipinski definition) is 2. The third kappa shape index (κ3) is 4.15. The van der Waals surface area contributed by atoms with E-state index in [0.717, 1.165) is 11.1 Å². The molecule has 0 spiro atoms. The van der Waals surface area contributed by atoms with Crippen molar-refractivity contribution in [1.82, 2.24) is 15.2 Å². The van der Waals surface area contributed by atoms with Gasteiger partial charge in [-0.25, -0.2) is 4.79 Å². The first-order valence-electron chi connectivity index (χ1n) is 8.35. The van der Waals surface area contributed by atoms with Gasteiger partial charge in [-0.3, -0.25) is 9.78 Å². The molecule has 3 amide bonds. The molecule has 1 atom stereocenters. The fraction of sp³-hybridized carbons (Fsp3) is 0.316. The van der Waals surface area contributed by atoms with Crippen LogP contribution in [0.5, 0.6) is 0 Å². The predicted molar refractivity (Wildman–Crippen MR) is 96.1 cm³/mol. The summed E-state index contributed by atoms with van der Waals surface area (Å²) in [4.78, 5) is 30.4. The summed E-state index contributed by atoms with van der Waals surface area (Å²) in [5.41, 5.74) is 3.85. The Morgan fingerprint density at radius 2 is 2.00 bits per heavy atom. The normalized spacial score (nSPS) is 16.8. The summed E-state index contributed by atoms with van der Waals surface area (Å²) in [6, 6.07) is 9.02. The van der Waals surface area contributed by atoms with E-state index in [2.05, 4.69) is 15.6 Å². The monoisotopic (exact) mass is 338 g/mol. The molecule has 0 radical (unpaired) electrons. The number of carbonyl (C=O) groups is 2. The molecular formula is C19H22N4O2. The first kappa shape index (κ1) is 17.0. The summed E-state index contributed by atoms with van der Waals surface area (Å²) in [5.74, 6) is -0.0397. The number of amides is 3. The quantitative estimate of drug-likeness (QED) is 0.900. The number of nitrogens with zero attached hydrogens (tertiary/aromatic N) is 2. The average Bonchev–Trinajstić information content (AvgIpc) is 2.92. The fourth-order valence-corrected chi connectivity index (χ4v) is 2.87. The van der Waals surface area contributed by atoms with Crippen LogP contribution in [-0.4, -0.2) is 34.4 Å². The van der Waals surface area contributed by atoms with Crippen LogP contribution in [0.15, 0.2) is 42.7 Å². The molecule has 0 unspecified atom stereocenters. The van der Waals surface area contributed by atoms with Gasteiger partial charge in [0.05, 0.1) is 0 Å². The summed E-state index contributed by atoms with van der Waals surface area (Å²) < 4.78 is 0. The van der Waals surface area contributed by atoms with E-state index < -0.39 is 6.04 Å². The van der Waals surface area contributed by atoms with Gasteiger partial charge in [-0.15, -0.1) is 0 Å². The minimum absolute atomic E-state index is 0.0397. The zero-order chi connectivity index (χ0) is 17.8. The Bertz CT molecular complexity index is 773. The third-order valence-electron chi connectivity index (χ3n) is 4.37. The largest absolute Gasteiger partial charge is 0.336 e. The van der Waals surface area contributed by atoms with Crippen LogP contribution in [0.1, 0.15) is 23.1 Å². The SMILES string of the molecule is Cc1ccc(CN2CC[C@H](NC(=O)Nc3ccncc3C)C2=O)cc1. The van der Waals surface area contributed by atoms with Crippen molar-refractivity contribution in [1.29, 1.82) is 0 Å². The standard InChI is InChI=1S/C19H22N4O2/c1-13-3-5-15(6-4-13)12-23-10-8-17(18(23)24)22-19(25)21-16-7-9-20-11-14(16)2/h3-7,9,11,17H,8,10,12H2,1-2H3,(H2,20,21,22,25)/t17-/m0/s1. The number of benzene rings is 1. The second kappa shape index (κ2) is 7.34. The highest BCUT2D eigenvalue weighted by Crippen LogP contribution is 2.16. The van der Waals surface area contributed by atoms with Crippen LogP contribution >= 0.6 is 0 Å². The number of carbonyl (C=O) groups excluding carboxylic acids is 2. The minimum Gasteiger partial charge on any atom is -0.336 e. The van der Waals surface area contributed by atoms with Gasteiger partial charge in [-0.2, -0.15) is 0 Å². The van der Waals surface area contributed by atoms with Gasteiger partial charge in [0.2, 0.25) is 5.91 Å². The van der Waals surface area contributed by atoms with E-state index in [0.29, 0.717) is 25.2 Å². The highest BCUT2D eigenvalue weighted by atomic mass is 16.2. The Morgan fingerprint density at radius 1 is 1.24 bits per heavy atom. The van der Waals surface area contributed by atoms with Crippen LogP contribution in [0.4, 0.5) is 10.5 Å². The van der Waals surface area contributed by atoms with Crippen LogP contribution < -0.4 is 10.6 Å². The minimum atomic E-state index is -0.479. The lowest BCUT2D eigenvalue weighted by Gasteiger charge is -2.18. The van der Waals surface area contributed by atoms with E-state index in [1.54, 1.807) is 23.4 Å². The van der Waals surface area contributed by atoms with Gasteiger partial charge >= 0.3 is 6.03 Å². The molecule has 3 rings (SSSR count). The molecule has 1 fully saturated rings. The predicted octanol–water partition coefficient (Wildman–Crippen LogP) is 2.62. The highest BCUT2D eigenvalue weighted by Gasteiger charge is 2.32. The summed E-state index contributed by atoms with van der Waals surface area (Å²) in [7, 11) is 0. The molecule has 6 heteroatoms. The van der Waals surface area contributed by atoms with Gasteiger partial charge in [-0.05, 0) is 37.5 Å². The van der Waals surface area contributed by atoms with Crippen LogP contribution in [0.3, 0.4) is 0 Å². The van der Waals surface area contributed by atoms with Crippen molar-refractivity contribution in [2.75, 3.05) is 11.9 Å². The molecule has 1 aliphatic rings. The molecule has 2 heterocycles. The van der Waals surface area contributed by atoms with Crippen molar-refractivity contribution >= 4 is 17.6 Å². The molecular weight excluding hydrogens is 316 g/mol. The number of nitrogens with one attached hydrogen (secondary N) is 2. The summed E-state index contributed by atoms with van der Waals surface area (Å²) in [6.45, 7) is 5.12. The van der Waals surface area contributed by atoms with E-state index in [1.165, 1.54) is 5.56 Å². The Labute approximate surface area is 147 Å². The lowest BCUT2D eigenvalue weighted by molar-refractivity contribution is -0.129. The number of aryl methyl sites for hydroxylation is 2. The van der Waals surface area contributed by atoms with Crippen molar-refractivity contribution in [3.05, 3.63) is 59.4 Å². The second-order valence-corrected chi connectivity index (χ2v) is 6.38. The topological polar surface area (TPSA) is 74.3 Å². The maximum Gasteiger partial charge on any atom is 0.319 e. The maximum absolute atomic E-state index is 12.5. The number of aromatic nitrogens is 1. The van der Waals surface area contributed by atoms with Gasteiger partial charge in [-0.1, -0.05) is 29.8 Å². The number of pyridine rings is 1. The maximum atomic E-state index is 12.5. The first-order chi connectivity index (χ1) is 12.0. The van der Waals surface area contributed by atoms with Crippen LogP contribution in [0.25, 0.3) is 0 Å². The molecule has 0 saturated carbocycles. The molecule has 1 saturated heterocycles. The van der Waals surface area contributed by atoms with Crippen molar-refractivity contribution in [2.24, 2.45) is 0 Å². The zero-order valence-electron chi connectivity index (χ0n) is 14.5. The fourth-order valence-electron chi connectivity index (χ4n) is 2.87. The lowest BCUT2D eigenvalue weighted by atomic mass is 10.1. The van der Waals surface area contributed by atoms with Gasteiger partial charge in [0.25, 0.3) is 0 Å². The summed E-state index contributed by atoms with van der Waals surface area (Å²) >= 11 is 0. The van der Waals surface area contributed by atoms with Gasteiger partial charge in [0.15, 0.2) is 0 Å². The van der Waals surface area contributed by atoms with E-state index in [9.17, 15) is 9.59 Å². The molecule has 0 aliphatic carbocycles. The molecule has 1 aromatic carbocycles. The number of urea groups is 1. The van der Waals surface area contributed by atoms with Crippen molar-refractivity contribution < 1.29 is 9.59 Å². The Balaban J connectivity index is 1.55. The van der Waals surface area contributed by atoms with Gasteiger partial charge < -0.3 is 15.5 Å². The first-order valence-corrected chi connectivity index (χ1v) is 8.35. The summed E-state index contributed by atoms with van der Waals surface area (Å²) in [5, 5.41) is 5.54. The second-order valence-electron chi connectivity index (χ2n) is 6.38. The average molecular weight is 338 g/mol. The van der Waals surface area contributed by atoms with Crippen LogP contribution in [-0.2, 0) is 11.3 Å². The van der Waals surface area contributed by atoms with Gasteiger partial charge in [0, 0.05) is 31.2 Å². The van der Waals surface area contributed by atoms with Gasteiger partial charge in [0.1, 0.15) is 6.04 Å². The van der Waals surface area contributed by atoms with E-state index in [1.807, 2.05) is 38.1 Å². The van der Waals surface area contributed by atoms with Crippen LogP contribution in [0.2, 0.25) is 0 Å². The summed E-state index contributed by atoms with van der Waals surface area (Å²) in [6.07, 6.45) is 3.92. The van der Waals surface area contributed by atoms with E-state index in [4.69, 9.17) is 0 Å². The zero-order valence-corrected chi connectivity index (χ0v) is 14.5. The van der Waals surface area contributed by atoms with Crippen molar-refractivity contribution in [2.45, 2.75) is 32.9 Å². The molecule has 1 aromatic heterocycles. The number of rotatable bonds is 4. The Kier molecular flexibility index (Phi) is 4.97. The molecule has 2 aromatic rings. The van der Waals surface area contributed by atoms with E-state index in [-0.39, 0.29) is 11.9 Å². The number of anilines is 1. The number of hydrogen-bond acceptors (Lipinski definition) is 3. The smallest absolute Gasteiger partial charge is 0.319 e. The molecule has 0 bridgehead atoms. The van der Waals surface area contributed by atoms with Crippen molar-refractivity contribution in [3.63, 3.8) is 0 Å². The molecule has 6 nitrogen and oxygen atoms in total. The molecule has 2 N–H and O–H groups in total. The van der Waals surface area contributed by atoms with Crippen LogP contribution in [0, 0.1) is 13.8 Å².